The number of rotatable bonds is 6. The lowest BCUT2D eigenvalue weighted by Gasteiger charge is -2.16. The van der Waals surface area contributed by atoms with E-state index in [1.54, 1.807) is 43.3 Å². The Morgan fingerprint density at radius 2 is 1.54 bits per heavy atom. The summed E-state index contributed by atoms with van der Waals surface area (Å²) in [6.45, 7) is 1.57. The van der Waals surface area contributed by atoms with Gasteiger partial charge in [-0.15, -0.1) is 0 Å². The first-order valence-corrected chi connectivity index (χ1v) is 9.51. The Bertz CT molecular complexity index is 827. The molecule has 28 heavy (non-hydrogen) atoms. The molecular weight excluding hydrogens is 356 g/mol. The van der Waals surface area contributed by atoms with E-state index in [4.69, 9.17) is 4.74 Å². The highest BCUT2D eigenvalue weighted by Crippen LogP contribution is 2.18. The molecule has 2 N–H and O–H groups in total. The zero-order valence-corrected chi connectivity index (χ0v) is 15.8. The van der Waals surface area contributed by atoms with Crippen molar-refractivity contribution < 1.29 is 19.1 Å². The Kier molecular flexibility index (Phi) is 6.42. The third kappa shape index (κ3) is 5.19. The van der Waals surface area contributed by atoms with E-state index in [1.807, 2.05) is 18.2 Å². The molecule has 0 radical (unpaired) electrons. The average molecular weight is 380 g/mol. The molecule has 1 fully saturated rings. The van der Waals surface area contributed by atoms with Crippen molar-refractivity contribution in [2.75, 3.05) is 0 Å². The molecule has 0 unspecified atom stereocenters. The van der Waals surface area contributed by atoms with E-state index in [0.717, 1.165) is 25.7 Å². The summed E-state index contributed by atoms with van der Waals surface area (Å²) in [4.78, 5) is 36.4. The van der Waals surface area contributed by atoms with Crippen molar-refractivity contribution in [3.63, 3.8) is 0 Å². The van der Waals surface area contributed by atoms with E-state index in [1.165, 1.54) is 0 Å². The van der Waals surface area contributed by atoms with Crippen LogP contribution in [0.15, 0.2) is 54.6 Å². The Morgan fingerprint density at radius 3 is 2.18 bits per heavy atom. The molecule has 0 aliphatic heterocycles. The summed E-state index contributed by atoms with van der Waals surface area (Å²) in [5.74, 6) is -0.148. The van der Waals surface area contributed by atoms with Crippen LogP contribution in [-0.4, -0.2) is 29.9 Å². The summed E-state index contributed by atoms with van der Waals surface area (Å²) in [5, 5.41) is 5.11. The van der Waals surface area contributed by atoms with E-state index in [-0.39, 0.29) is 11.8 Å². The van der Waals surface area contributed by atoms with Gasteiger partial charge in [-0.3, -0.25) is 14.9 Å². The summed E-state index contributed by atoms with van der Waals surface area (Å²) in [7, 11) is 0. The minimum Gasteiger partial charge on any atom is -0.481 e. The number of hydrogen-bond donors (Lipinski definition) is 2. The molecule has 0 spiro atoms. The van der Waals surface area contributed by atoms with Gasteiger partial charge in [0.1, 0.15) is 5.75 Å². The van der Waals surface area contributed by atoms with E-state index in [0.29, 0.717) is 16.9 Å². The van der Waals surface area contributed by atoms with Gasteiger partial charge in [-0.2, -0.15) is 0 Å². The van der Waals surface area contributed by atoms with Gasteiger partial charge in [0.2, 0.25) is 0 Å². The van der Waals surface area contributed by atoms with Crippen molar-refractivity contribution in [1.82, 2.24) is 10.6 Å². The maximum absolute atomic E-state index is 12.4. The molecule has 146 valence electrons. The number of imide groups is 1. The largest absolute Gasteiger partial charge is 0.481 e. The number of ketones is 1. The second-order valence-corrected chi connectivity index (χ2v) is 6.92. The molecule has 1 aliphatic rings. The fraction of sp³-hybridized carbons (Fsp3) is 0.318. The Balaban J connectivity index is 1.52. The highest BCUT2D eigenvalue weighted by atomic mass is 16.5. The van der Waals surface area contributed by atoms with Gasteiger partial charge < -0.3 is 10.1 Å². The molecule has 6 heteroatoms. The minimum atomic E-state index is -0.843. The number of carbonyl (C=O) groups excluding carboxylic acids is 3. The van der Waals surface area contributed by atoms with Crippen LogP contribution in [0.5, 0.6) is 5.75 Å². The first-order valence-electron chi connectivity index (χ1n) is 9.51. The van der Waals surface area contributed by atoms with Crippen LogP contribution in [-0.2, 0) is 4.79 Å². The number of nitrogens with one attached hydrogen (secondary N) is 2. The number of hydrogen-bond acceptors (Lipinski definition) is 4. The maximum Gasteiger partial charge on any atom is 0.321 e. The first kappa shape index (κ1) is 19.6. The number of amides is 3. The molecule has 0 heterocycles. The van der Waals surface area contributed by atoms with Gasteiger partial charge in [0, 0.05) is 17.2 Å². The standard InChI is InChI=1S/C22H24N2O4/c1-15(21(26)24-22(27)23-18-9-5-6-10-18)28-19-13-11-17(12-14-19)20(25)16-7-3-2-4-8-16/h2-4,7-8,11-15,18H,5-6,9-10H2,1H3,(H2,23,24,26,27)/t15-/m0/s1. The summed E-state index contributed by atoms with van der Waals surface area (Å²) in [5.41, 5.74) is 1.14. The first-order chi connectivity index (χ1) is 13.5. The monoisotopic (exact) mass is 380 g/mol. The average Bonchev–Trinajstić information content (AvgIpc) is 3.21. The number of ether oxygens (including phenoxy) is 1. The lowest BCUT2D eigenvalue weighted by molar-refractivity contribution is -0.126. The smallest absolute Gasteiger partial charge is 0.321 e. The minimum absolute atomic E-state index is 0.0819. The predicted octanol–water partition coefficient (Wildman–Crippen LogP) is 3.45. The van der Waals surface area contributed by atoms with Crippen LogP contribution < -0.4 is 15.4 Å². The zero-order chi connectivity index (χ0) is 19.9. The van der Waals surface area contributed by atoms with Crippen LogP contribution >= 0.6 is 0 Å². The van der Waals surface area contributed by atoms with Crippen molar-refractivity contribution >= 4 is 17.7 Å². The molecule has 6 nitrogen and oxygen atoms in total. The van der Waals surface area contributed by atoms with Crippen LogP contribution in [0.4, 0.5) is 4.79 Å². The topological polar surface area (TPSA) is 84.5 Å². The molecule has 1 aliphatic carbocycles. The van der Waals surface area contributed by atoms with Gasteiger partial charge in [0.05, 0.1) is 0 Å². The second kappa shape index (κ2) is 9.17. The highest BCUT2D eigenvalue weighted by Gasteiger charge is 2.21. The molecule has 1 saturated carbocycles. The summed E-state index contributed by atoms with van der Waals surface area (Å²) >= 11 is 0. The fourth-order valence-electron chi connectivity index (χ4n) is 3.20. The fourth-order valence-corrected chi connectivity index (χ4v) is 3.20. The third-order valence-electron chi connectivity index (χ3n) is 4.76. The van der Waals surface area contributed by atoms with Crippen LogP contribution in [0.25, 0.3) is 0 Å². The van der Waals surface area contributed by atoms with Crippen molar-refractivity contribution in [3.8, 4) is 5.75 Å². The number of urea groups is 1. The van der Waals surface area contributed by atoms with Crippen molar-refractivity contribution in [1.29, 1.82) is 0 Å². The van der Waals surface area contributed by atoms with Gasteiger partial charge in [-0.25, -0.2) is 4.79 Å². The van der Waals surface area contributed by atoms with Gasteiger partial charge in [-0.1, -0.05) is 43.2 Å². The lowest BCUT2D eigenvalue weighted by Crippen LogP contribution is -2.47. The molecule has 0 bridgehead atoms. The normalized spacial score (nSPS) is 14.9. The number of carbonyl (C=O) groups is 3. The van der Waals surface area contributed by atoms with Gasteiger partial charge in [0.15, 0.2) is 11.9 Å². The van der Waals surface area contributed by atoms with E-state index in [9.17, 15) is 14.4 Å². The second-order valence-electron chi connectivity index (χ2n) is 6.92. The SMILES string of the molecule is C[C@H](Oc1ccc(C(=O)c2ccccc2)cc1)C(=O)NC(=O)NC1CCCC1. The Hall–Kier alpha value is -3.15. The molecule has 3 amide bonds. The van der Waals surface area contributed by atoms with Crippen molar-refractivity contribution in [2.45, 2.75) is 44.8 Å². The zero-order valence-electron chi connectivity index (χ0n) is 15.8. The maximum atomic E-state index is 12.4. The quantitative estimate of drug-likeness (QED) is 0.752. The lowest BCUT2D eigenvalue weighted by atomic mass is 10.0. The molecule has 2 aromatic rings. The Morgan fingerprint density at radius 1 is 0.929 bits per heavy atom. The summed E-state index contributed by atoms with van der Waals surface area (Å²) < 4.78 is 5.58. The molecule has 1 atom stereocenters. The Labute approximate surface area is 164 Å². The van der Waals surface area contributed by atoms with E-state index >= 15 is 0 Å². The highest BCUT2D eigenvalue weighted by molar-refractivity contribution is 6.09. The van der Waals surface area contributed by atoms with Crippen LogP contribution in [0.3, 0.4) is 0 Å². The van der Waals surface area contributed by atoms with Crippen LogP contribution in [0, 0.1) is 0 Å². The van der Waals surface area contributed by atoms with Gasteiger partial charge in [-0.05, 0) is 44.0 Å². The third-order valence-corrected chi connectivity index (χ3v) is 4.76. The molecule has 2 aromatic carbocycles. The van der Waals surface area contributed by atoms with Crippen molar-refractivity contribution in [3.05, 3.63) is 65.7 Å². The molecular formula is C22H24N2O4. The number of benzene rings is 2. The summed E-state index contributed by atoms with van der Waals surface area (Å²) in [6.07, 6.45) is 3.25. The molecule has 0 aromatic heterocycles. The van der Waals surface area contributed by atoms with Gasteiger partial charge >= 0.3 is 6.03 Å². The van der Waals surface area contributed by atoms with Gasteiger partial charge in [0.25, 0.3) is 5.91 Å². The molecule has 0 saturated heterocycles. The van der Waals surface area contributed by atoms with E-state index in [2.05, 4.69) is 10.6 Å². The van der Waals surface area contributed by atoms with E-state index < -0.39 is 18.0 Å². The molecule has 3 rings (SSSR count). The summed E-state index contributed by atoms with van der Waals surface area (Å²) in [6, 6.07) is 15.2. The van der Waals surface area contributed by atoms with Crippen LogP contribution in [0.1, 0.15) is 48.5 Å². The van der Waals surface area contributed by atoms with Crippen LogP contribution in [0.2, 0.25) is 0 Å². The van der Waals surface area contributed by atoms with Crippen molar-refractivity contribution in [2.24, 2.45) is 0 Å². The predicted molar refractivity (Wildman–Crippen MR) is 105 cm³/mol.